The predicted molar refractivity (Wildman–Crippen MR) is 67.6 cm³/mol. The molecule has 0 aliphatic carbocycles. The van der Waals surface area contributed by atoms with Gasteiger partial charge in [-0.1, -0.05) is 0 Å². The number of unbranched alkanes of at least 4 members (excludes halogenated alkanes) is 1. The van der Waals surface area contributed by atoms with Gasteiger partial charge in [-0.25, -0.2) is 4.98 Å². The van der Waals surface area contributed by atoms with E-state index in [2.05, 4.69) is 10.3 Å². The van der Waals surface area contributed by atoms with Gasteiger partial charge in [0.15, 0.2) is 0 Å². The molecule has 0 bridgehead atoms. The molecule has 0 radical (unpaired) electrons. The number of amides is 2. The summed E-state index contributed by atoms with van der Waals surface area (Å²) in [4.78, 5) is 26.0. The third kappa shape index (κ3) is 5.47. The topological polar surface area (TPSA) is 90.0 Å². The van der Waals surface area contributed by atoms with Crippen molar-refractivity contribution in [3.63, 3.8) is 0 Å². The first-order valence-electron chi connectivity index (χ1n) is 6.12. The number of primary amides is 1. The molecule has 0 saturated heterocycles. The van der Waals surface area contributed by atoms with Crippen molar-refractivity contribution in [2.45, 2.75) is 38.6 Å². The summed E-state index contributed by atoms with van der Waals surface area (Å²) in [7, 11) is 0. The van der Waals surface area contributed by atoms with Crippen LogP contribution in [0.4, 0.5) is 0 Å². The van der Waals surface area contributed by atoms with Crippen LogP contribution in [0.3, 0.4) is 0 Å². The third-order valence-corrected chi connectivity index (χ3v) is 2.71. The number of hydrogen-bond acceptors (Lipinski definition) is 3. The Morgan fingerprint density at radius 1 is 1.39 bits per heavy atom. The zero-order valence-electron chi connectivity index (χ0n) is 10.6. The highest BCUT2D eigenvalue weighted by molar-refractivity contribution is 5.76. The summed E-state index contributed by atoms with van der Waals surface area (Å²) >= 11 is 0. The molecule has 100 valence electrons. The average molecular weight is 252 g/mol. The summed E-state index contributed by atoms with van der Waals surface area (Å²) in [6.45, 7) is 2.58. The summed E-state index contributed by atoms with van der Waals surface area (Å²) in [5.74, 6) is -0.310. The van der Waals surface area contributed by atoms with Gasteiger partial charge in [-0.15, -0.1) is 0 Å². The zero-order chi connectivity index (χ0) is 13.4. The van der Waals surface area contributed by atoms with E-state index in [-0.39, 0.29) is 17.9 Å². The summed E-state index contributed by atoms with van der Waals surface area (Å²) in [6, 6.07) is 0.182. The van der Waals surface area contributed by atoms with Crippen molar-refractivity contribution in [3.05, 3.63) is 18.7 Å². The second-order valence-electron chi connectivity index (χ2n) is 4.34. The lowest BCUT2D eigenvalue weighted by Gasteiger charge is -2.13. The Balaban J connectivity index is 2.11. The van der Waals surface area contributed by atoms with E-state index in [9.17, 15) is 9.59 Å². The van der Waals surface area contributed by atoms with E-state index in [1.807, 2.05) is 17.7 Å². The Labute approximate surface area is 107 Å². The van der Waals surface area contributed by atoms with Crippen molar-refractivity contribution in [3.8, 4) is 0 Å². The number of aromatic nitrogens is 2. The van der Waals surface area contributed by atoms with Crippen molar-refractivity contribution in [2.24, 2.45) is 5.73 Å². The average Bonchev–Trinajstić information content (AvgIpc) is 2.85. The molecule has 0 fully saturated rings. The lowest BCUT2D eigenvalue weighted by Crippen LogP contribution is -2.29. The van der Waals surface area contributed by atoms with E-state index in [1.54, 1.807) is 12.5 Å². The number of carbonyl (C=O) groups excluding carboxylic acids is 2. The molecule has 1 aromatic rings. The SMILES string of the molecule is CC(CNC(=O)CCCCC(N)=O)n1ccnc1. The Morgan fingerprint density at radius 2 is 2.11 bits per heavy atom. The summed E-state index contributed by atoms with van der Waals surface area (Å²) in [5, 5.41) is 2.86. The lowest BCUT2D eigenvalue weighted by atomic mass is 10.2. The minimum Gasteiger partial charge on any atom is -0.370 e. The van der Waals surface area contributed by atoms with E-state index in [1.165, 1.54) is 0 Å². The van der Waals surface area contributed by atoms with Crippen molar-refractivity contribution in [1.29, 1.82) is 0 Å². The number of rotatable bonds is 8. The van der Waals surface area contributed by atoms with Crippen LogP contribution in [0.2, 0.25) is 0 Å². The molecule has 1 rings (SSSR count). The van der Waals surface area contributed by atoms with Crippen LogP contribution in [0.1, 0.15) is 38.6 Å². The quantitative estimate of drug-likeness (QED) is 0.664. The minimum atomic E-state index is -0.316. The van der Waals surface area contributed by atoms with Gasteiger partial charge in [0, 0.05) is 37.8 Å². The maximum Gasteiger partial charge on any atom is 0.220 e. The fourth-order valence-corrected chi connectivity index (χ4v) is 1.57. The largest absolute Gasteiger partial charge is 0.370 e. The third-order valence-electron chi connectivity index (χ3n) is 2.71. The van der Waals surface area contributed by atoms with Gasteiger partial charge in [0.2, 0.25) is 11.8 Å². The van der Waals surface area contributed by atoms with E-state index >= 15 is 0 Å². The number of carbonyl (C=O) groups is 2. The van der Waals surface area contributed by atoms with Gasteiger partial charge in [-0.2, -0.15) is 0 Å². The Kier molecular flexibility index (Phi) is 5.90. The van der Waals surface area contributed by atoms with Crippen LogP contribution in [-0.4, -0.2) is 27.9 Å². The molecule has 0 saturated carbocycles. The molecule has 0 spiro atoms. The monoisotopic (exact) mass is 252 g/mol. The molecular weight excluding hydrogens is 232 g/mol. The fraction of sp³-hybridized carbons (Fsp3) is 0.583. The highest BCUT2D eigenvalue weighted by atomic mass is 16.1. The number of nitrogens with one attached hydrogen (secondary N) is 1. The second kappa shape index (κ2) is 7.47. The van der Waals surface area contributed by atoms with E-state index in [4.69, 9.17) is 5.73 Å². The van der Waals surface area contributed by atoms with Crippen LogP contribution in [0.25, 0.3) is 0 Å². The molecule has 18 heavy (non-hydrogen) atoms. The fourth-order valence-electron chi connectivity index (χ4n) is 1.57. The molecule has 1 atom stereocenters. The Morgan fingerprint density at radius 3 is 2.72 bits per heavy atom. The van der Waals surface area contributed by atoms with Crippen LogP contribution in [0.15, 0.2) is 18.7 Å². The highest BCUT2D eigenvalue weighted by Crippen LogP contribution is 2.03. The van der Waals surface area contributed by atoms with Crippen LogP contribution < -0.4 is 11.1 Å². The van der Waals surface area contributed by atoms with Crippen LogP contribution in [0, 0.1) is 0 Å². The second-order valence-corrected chi connectivity index (χ2v) is 4.34. The first-order chi connectivity index (χ1) is 8.59. The standard InChI is InChI=1S/C12H20N4O2/c1-10(16-7-6-14-9-16)8-15-12(18)5-3-2-4-11(13)17/h6-7,9-10H,2-5,8H2,1H3,(H2,13,17)(H,15,18). The number of nitrogens with two attached hydrogens (primary N) is 1. The Hall–Kier alpha value is -1.85. The zero-order valence-corrected chi connectivity index (χ0v) is 10.6. The summed E-state index contributed by atoms with van der Waals surface area (Å²) in [5.41, 5.74) is 5.01. The van der Waals surface area contributed by atoms with Crippen molar-refractivity contribution < 1.29 is 9.59 Å². The molecular formula is C12H20N4O2. The van der Waals surface area contributed by atoms with E-state index in [0.717, 1.165) is 0 Å². The molecule has 2 amide bonds. The maximum atomic E-state index is 11.5. The molecule has 3 N–H and O–H groups in total. The van der Waals surface area contributed by atoms with Gasteiger partial charge in [0.25, 0.3) is 0 Å². The molecule has 6 heteroatoms. The van der Waals surface area contributed by atoms with E-state index in [0.29, 0.717) is 32.2 Å². The van der Waals surface area contributed by atoms with Gasteiger partial charge in [-0.3, -0.25) is 9.59 Å². The van der Waals surface area contributed by atoms with E-state index < -0.39 is 0 Å². The van der Waals surface area contributed by atoms with Gasteiger partial charge in [0.1, 0.15) is 0 Å². The van der Waals surface area contributed by atoms with Gasteiger partial charge < -0.3 is 15.6 Å². The molecule has 1 unspecified atom stereocenters. The molecule has 0 aliphatic rings. The van der Waals surface area contributed by atoms with Crippen molar-refractivity contribution in [2.75, 3.05) is 6.54 Å². The van der Waals surface area contributed by atoms with Crippen molar-refractivity contribution in [1.82, 2.24) is 14.9 Å². The smallest absolute Gasteiger partial charge is 0.220 e. The first kappa shape index (κ1) is 14.2. The number of imidazole rings is 1. The van der Waals surface area contributed by atoms with Crippen LogP contribution >= 0.6 is 0 Å². The van der Waals surface area contributed by atoms with Gasteiger partial charge in [-0.05, 0) is 19.8 Å². The first-order valence-corrected chi connectivity index (χ1v) is 6.12. The predicted octanol–water partition coefficient (Wildman–Crippen LogP) is 0.606. The highest BCUT2D eigenvalue weighted by Gasteiger charge is 2.06. The normalized spacial score (nSPS) is 12.1. The minimum absolute atomic E-state index is 0.00596. The lowest BCUT2D eigenvalue weighted by molar-refractivity contribution is -0.122. The van der Waals surface area contributed by atoms with Gasteiger partial charge in [0.05, 0.1) is 6.33 Å². The Bertz CT molecular complexity index is 375. The summed E-state index contributed by atoms with van der Waals surface area (Å²) in [6.07, 6.45) is 7.44. The number of nitrogens with zero attached hydrogens (tertiary/aromatic N) is 2. The van der Waals surface area contributed by atoms with Gasteiger partial charge >= 0.3 is 0 Å². The molecule has 6 nitrogen and oxygen atoms in total. The van der Waals surface area contributed by atoms with Crippen LogP contribution in [0.5, 0.6) is 0 Å². The number of hydrogen-bond donors (Lipinski definition) is 2. The van der Waals surface area contributed by atoms with Crippen LogP contribution in [-0.2, 0) is 9.59 Å². The molecule has 1 aromatic heterocycles. The molecule has 1 heterocycles. The van der Waals surface area contributed by atoms with Crippen molar-refractivity contribution >= 4 is 11.8 Å². The molecule has 0 aromatic carbocycles. The maximum absolute atomic E-state index is 11.5. The summed E-state index contributed by atoms with van der Waals surface area (Å²) < 4.78 is 1.94. The molecule has 0 aliphatic heterocycles.